The predicted octanol–water partition coefficient (Wildman–Crippen LogP) is 6.11. The van der Waals surface area contributed by atoms with E-state index < -0.39 is 13.1 Å². The second-order valence-corrected chi connectivity index (χ2v) is 41.3. The van der Waals surface area contributed by atoms with Crippen LogP contribution in [-0.2, 0) is 6.51 Å². The Morgan fingerprint density at radius 2 is 1.04 bits per heavy atom. The molecule has 0 nitrogen and oxygen atoms in total. The molecule has 0 saturated carbocycles. The third-order valence-electron chi connectivity index (χ3n) is 17.3. The molecule has 2 aromatic rings. The summed E-state index contributed by atoms with van der Waals surface area (Å²) in [6.45, 7) is -5.04. The fourth-order valence-corrected chi connectivity index (χ4v) is 115. The number of hydrogen-bond donors (Lipinski definition) is 0. The van der Waals surface area contributed by atoms with E-state index in [4.69, 9.17) is 11.2 Å². The zero-order valence-corrected chi connectivity index (χ0v) is 16.4. The standard InChI is InChI=1S/C17H14ClP.C5H5.Fe/c18-19(17-13-7-8-14-17,15-9-3-1-4-10-15)16-11-5-2-6-12-16;1-2-4-5-3-1;/h1-14H;1-5H;. The first kappa shape index (κ1) is 10.9. The first-order valence-corrected chi connectivity index (χ1v) is 18.9. The quantitative estimate of drug-likeness (QED) is 0.427. The van der Waals surface area contributed by atoms with Crippen LogP contribution in [0.25, 0.3) is 0 Å². The van der Waals surface area contributed by atoms with Gasteiger partial charge in [-0.2, -0.15) is 0 Å². The van der Waals surface area contributed by atoms with E-state index in [9.17, 15) is 0 Å². The van der Waals surface area contributed by atoms with Crippen molar-refractivity contribution < 1.29 is 6.51 Å². The summed E-state index contributed by atoms with van der Waals surface area (Å²) >= 11 is 8.14. The maximum absolute atomic E-state index is 8.14. The van der Waals surface area contributed by atoms with E-state index in [1.807, 2.05) is 0 Å². The molecule has 4 unspecified atom stereocenters. The number of fused-ring (bicyclic) bond motifs is 10. The van der Waals surface area contributed by atoms with Crippen LogP contribution < -0.4 is 10.6 Å². The monoisotopic (exact) mass is 405 g/mol. The molecule has 10 aliphatic heterocycles. The molecule has 10 fully saturated rings. The fraction of sp³-hybridized carbons (Fsp3) is 0.455. The zero-order valence-electron chi connectivity index (χ0n) is 13.6. The van der Waals surface area contributed by atoms with Crippen molar-refractivity contribution in [1.82, 2.24) is 0 Å². The number of rotatable bonds is 3. The molecule has 10 saturated heterocycles. The van der Waals surface area contributed by atoms with Crippen LogP contribution in [0, 0.1) is 0 Å². The van der Waals surface area contributed by atoms with Crippen LogP contribution in [-0.4, -0.2) is 4.05 Å². The summed E-state index contributed by atoms with van der Waals surface area (Å²) in [6.07, 6.45) is 0. The molecule has 3 heteroatoms. The van der Waals surface area contributed by atoms with Gasteiger partial charge in [0.15, 0.2) is 0 Å². The maximum atomic E-state index is 8.14. The summed E-state index contributed by atoms with van der Waals surface area (Å²) in [5.74, 6) is 0. The van der Waals surface area contributed by atoms with E-state index in [2.05, 4.69) is 60.7 Å². The van der Waals surface area contributed by atoms with Gasteiger partial charge in [0.05, 0.1) is 0 Å². The average molecular weight is 406 g/mol. The fourth-order valence-electron chi connectivity index (χ4n) is 18.7. The van der Waals surface area contributed by atoms with Crippen LogP contribution in [0.5, 0.6) is 0 Å². The predicted molar refractivity (Wildman–Crippen MR) is 101 cm³/mol. The summed E-state index contributed by atoms with van der Waals surface area (Å²) in [4.78, 5) is 11.9. The first-order chi connectivity index (χ1) is 12.0. The van der Waals surface area contributed by atoms with E-state index >= 15 is 0 Å². The molecule has 0 aromatic heterocycles. The van der Waals surface area contributed by atoms with Crippen molar-refractivity contribution >= 4 is 28.5 Å². The molecule has 2 aromatic carbocycles. The van der Waals surface area contributed by atoms with Crippen molar-refractivity contribution in [2.75, 3.05) is 0 Å². The van der Waals surface area contributed by atoms with Crippen molar-refractivity contribution in [3.63, 3.8) is 0 Å². The van der Waals surface area contributed by atoms with Crippen molar-refractivity contribution in [3.8, 4) is 0 Å². The number of hydrogen-bond acceptors (Lipinski definition) is 0. The summed E-state index contributed by atoms with van der Waals surface area (Å²) in [6, 6.07) is 23.0. The molecular formula is C22H19ClFeP. The molecule has 25 heavy (non-hydrogen) atoms. The molecule has 12 rings (SSSR count). The third kappa shape index (κ3) is 0.179. The topological polar surface area (TPSA) is 0 Å². The molecule has 0 aliphatic carbocycles. The Bertz CT molecular complexity index is 1370. The molecule has 0 N–H and O–H groups in total. The molecule has 0 amide bonds. The first-order valence-electron chi connectivity index (χ1n) is 9.92. The van der Waals surface area contributed by atoms with Gasteiger partial charge in [-0.25, -0.2) is 0 Å². The van der Waals surface area contributed by atoms with Gasteiger partial charge < -0.3 is 0 Å². The normalized spacial score (nSPS) is 85.2. The van der Waals surface area contributed by atoms with Gasteiger partial charge in [0.2, 0.25) is 0 Å². The van der Waals surface area contributed by atoms with Crippen molar-refractivity contribution in [2.24, 2.45) is 0 Å². The molecule has 1 radical (unpaired) electrons. The van der Waals surface area contributed by atoms with Crippen LogP contribution in [0.2, 0.25) is 43.3 Å². The Hall–Kier alpha value is -0.321. The summed E-state index contributed by atoms with van der Waals surface area (Å²) in [7, 11) is 0. The van der Waals surface area contributed by atoms with E-state index in [0.717, 1.165) is 4.05 Å². The Morgan fingerprint density at radius 3 is 1.32 bits per heavy atom. The van der Waals surface area contributed by atoms with E-state index in [1.54, 1.807) is 0 Å². The summed E-state index contributed by atoms with van der Waals surface area (Å²) in [5, 5.41) is 3.08. The van der Waals surface area contributed by atoms with Crippen molar-refractivity contribution in [1.29, 1.82) is 0 Å². The Kier molecular flexibility index (Phi) is 0.533. The van der Waals surface area contributed by atoms with E-state index in [1.165, 1.54) is 54.0 Å². The van der Waals surface area contributed by atoms with Crippen LogP contribution in [0.3, 0.4) is 0 Å². The van der Waals surface area contributed by atoms with Crippen molar-refractivity contribution in [2.45, 2.75) is 47.4 Å². The Labute approximate surface area is 142 Å². The van der Waals surface area contributed by atoms with Gasteiger partial charge in [-0.15, -0.1) is 0 Å². The van der Waals surface area contributed by atoms with Gasteiger partial charge >= 0.3 is 143 Å². The Balaban J connectivity index is 1.34. The van der Waals surface area contributed by atoms with E-state index in [-0.39, 0.29) is 0 Å². The zero-order chi connectivity index (χ0) is 15.7. The minimum atomic E-state index is -3.26. The van der Waals surface area contributed by atoms with Gasteiger partial charge in [0.1, 0.15) is 0 Å². The molecule has 10 heterocycles. The van der Waals surface area contributed by atoms with Crippen molar-refractivity contribution in [3.05, 3.63) is 60.7 Å². The van der Waals surface area contributed by atoms with Crippen LogP contribution in [0.1, 0.15) is 0 Å². The van der Waals surface area contributed by atoms with Gasteiger partial charge in [-0.1, -0.05) is 0 Å². The third-order valence-corrected chi connectivity index (χ3v) is 70.1. The second kappa shape index (κ2) is 1.23. The van der Waals surface area contributed by atoms with Gasteiger partial charge in [-0.3, -0.25) is 0 Å². The van der Waals surface area contributed by atoms with Gasteiger partial charge in [-0.05, 0) is 0 Å². The second-order valence-electron chi connectivity index (χ2n) is 12.9. The van der Waals surface area contributed by atoms with Crippen LogP contribution in [0.4, 0.5) is 0 Å². The van der Waals surface area contributed by atoms with E-state index in [0.29, 0.717) is 0 Å². The van der Waals surface area contributed by atoms with Gasteiger partial charge in [0.25, 0.3) is 0 Å². The molecule has 1 spiro atoms. The number of benzene rings is 2. The Morgan fingerprint density at radius 1 is 0.640 bits per heavy atom. The number of halogens is 1. The molecule has 10 aliphatic rings. The summed E-state index contributed by atoms with van der Waals surface area (Å²) < 4.78 is 0.732. The average Bonchev–Trinajstić information content (AvgIpc) is 3.62. The van der Waals surface area contributed by atoms with Crippen LogP contribution in [0.15, 0.2) is 60.7 Å². The molecule has 127 valence electrons. The van der Waals surface area contributed by atoms with Crippen LogP contribution >= 0.6 is 17.9 Å². The minimum absolute atomic E-state index is 0.732. The van der Waals surface area contributed by atoms with Gasteiger partial charge in [0, 0.05) is 0 Å². The molecule has 4 atom stereocenters. The SMILES string of the molecule is Cl[P](c1ccccc1)(c1ccccc1)[C]12[CH]3[CH]4[CH]5[CH]1[Fe]45321678[CH]2[CH]1[CH]6[CH]7[CH]28. The summed E-state index contributed by atoms with van der Waals surface area (Å²) in [5.41, 5.74) is 0. The molecular weight excluding hydrogens is 387 g/mol. The molecule has 0 bridgehead atoms.